The summed E-state index contributed by atoms with van der Waals surface area (Å²) >= 11 is 0. The molecule has 1 aromatic carbocycles. The molecule has 3 unspecified atom stereocenters. The van der Waals surface area contributed by atoms with Crippen LogP contribution in [0.2, 0.25) is 0 Å². The third-order valence-corrected chi connectivity index (χ3v) is 6.50. The Morgan fingerprint density at radius 1 is 0.686 bits per heavy atom. The van der Waals surface area contributed by atoms with E-state index in [0.29, 0.717) is 12.8 Å². The zero-order valence-corrected chi connectivity index (χ0v) is 29.4. The molecule has 17 heteroatoms. The van der Waals surface area contributed by atoms with Crippen molar-refractivity contribution in [2.24, 2.45) is 0 Å². The fourth-order valence-electron chi connectivity index (χ4n) is 3.97. The minimum absolute atomic E-state index is 0.159. The average molecular weight is 720 g/mol. The lowest BCUT2D eigenvalue weighted by atomic mass is 10.1. The zero-order valence-electron chi connectivity index (χ0n) is 29.4. The Labute approximate surface area is 295 Å². The van der Waals surface area contributed by atoms with Crippen LogP contribution >= 0.6 is 0 Å². The van der Waals surface area contributed by atoms with Gasteiger partial charge in [-0.15, -0.1) is 0 Å². The molecular formula is C34H45N3O14. The van der Waals surface area contributed by atoms with Gasteiger partial charge in [0.2, 0.25) is 5.75 Å². The molecule has 0 radical (unpaired) electrons. The average Bonchev–Trinajstić information content (AvgIpc) is 3.07. The Hall–Kier alpha value is -5.42. The lowest BCUT2D eigenvalue weighted by Gasteiger charge is -2.34. The maximum Gasteiger partial charge on any atom is 0.412 e. The molecule has 3 N–H and O–H groups in total. The second-order valence-corrected chi connectivity index (χ2v) is 11.2. The van der Waals surface area contributed by atoms with Gasteiger partial charge in [0.05, 0.1) is 31.8 Å². The summed E-state index contributed by atoms with van der Waals surface area (Å²) in [4.78, 5) is 73.6. The van der Waals surface area contributed by atoms with Gasteiger partial charge in [-0.3, -0.25) is 0 Å². The molecule has 2 rings (SSSR count). The fourth-order valence-corrected chi connectivity index (χ4v) is 3.97. The molecule has 3 atom stereocenters. The van der Waals surface area contributed by atoms with Crippen molar-refractivity contribution in [1.29, 1.82) is 0 Å². The minimum atomic E-state index is -1.10. The highest BCUT2D eigenvalue weighted by Gasteiger charge is 2.31. The molecular weight excluding hydrogens is 674 g/mol. The first-order valence-electron chi connectivity index (χ1n) is 15.9. The van der Waals surface area contributed by atoms with Gasteiger partial charge >= 0.3 is 36.2 Å². The summed E-state index contributed by atoms with van der Waals surface area (Å²) in [5.74, 6) is -3.29. The van der Waals surface area contributed by atoms with Gasteiger partial charge in [-0.1, -0.05) is 26.7 Å². The summed E-state index contributed by atoms with van der Waals surface area (Å²) in [6, 6.07) is 2.60. The van der Waals surface area contributed by atoms with Crippen LogP contribution in [-0.4, -0.2) is 87.9 Å². The van der Waals surface area contributed by atoms with Gasteiger partial charge in [0.25, 0.3) is 0 Å². The van der Waals surface area contributed by atoms with Crippen LogP contribution in [0.5, 0.6) is 17.2 Å². The lowest BCUT2D eigenvalue weighted by molar-refractivity contribution is -0.243. The molecule has 1 aromatic rings. The van der Waals surface area contributed by atoms with Gasteiger partial charge < -0.3 is 53.8 Å². The predicted molar refractivity (Wildman–Crippen MR) is 179 cm³/mol. The van der Waals surface area contributed by atoms with E-state index in [2.05, 4.69) is 35.7 Å². The normalized spacial score (nSPS) is 16.4. The molecule has 51 heavy (non-hydrogen) atoms. The molecule has 3 amide bonds. The molecule has 0 aliphatic carbocycles. The number of esters is 3. The van der Waals surface area contributed by atoms with Crippen LogP contribution in [0.1, 0.15) is 59.3 Å². The van der Waals surface area contributed by atoms with Crippen LogP contribution in [0.4, 0.5) is 14.4 Å². The highest BCUT2D eigenvalue weighted by Crippen LogP contribution is 2.43. The number of amides is 3. The molecule has 1 fully saturated rings. The second kappa shape index (κ2) is 20.9. The summed E-state index contributed by atoms with van der Waals surface area (Å²) in [5.41, 5.74) is 0.724. The maximum atomic E-state index is 12.9. The van der Waals surface area contributed by atoms with E-state index in [4.69, 9.17) is 37.9 Å². The molecule has 1 aliphatic heterocycles. The van der Waals surface area contributed by atoms with Crippen LogP contribution in [0, 0.1) is 0 Å². The van der Waals surface area contributed by atoms with E-state index in [1.165, 1.54) is 32.9 Å². The zero-order chi connectivity index (χ0) is 38.1. The maximum absolute atomic E-state index is 12.9. The standard InChI is InChI=1S/C34H45N3O14/c1-9-24-16-22(8)47-31(48-24)23-17-25(49-32(41)35-10-13-44-28(38)19(2)3)27(51-34(43)37-12-15-46-30(40)21(6)7)26(18-23)50-33(42)36-11-14-45-29(39)20(4)5/h17-18,22,24,31H,2,4,6,9-16H2,1,3,5,7-8H3,(H,35,41)(H,36,42)(H,37,43). The Morgan fingerprint density at radius 3 is 1.45 bits per heavy atom. The van der Waals surface area contributed by atoms with Crippen LogP contribution in [0.3, 0.4) is 0 Å². The van der Waals surface area contributed by atoms with Gasteiger partial charge in [0.15, 0.2) is 17.8 Å². The first kappa shape index (κ1) is 41.7. The second-order valence-electron chi connectivity index (χ2n) is 11.2. The number of hydrogen-bond acceptors (Lipinski definition) is 14. The topological polar surface area (TPSA) is 212 Å². The van der Waals surface area contributed by atoms with E-state index in [-0.39, 0.29) is 73.9 Å². The van der Waals surface area contributed by atoms with E-state index in [9.17, 15) is 28.8 Å². The van der Waals surface area contributed by atoms with Crippen molar-refractivity contribution in [2.75, 3.05) is 39.5 Å². The Kier molecular flexibility index (Phi) is 17.1. The predicted octanol–water partition coefficient (Wildman–Crippen LogP) is 3.91. The molecule has 0 aromatic heterocycles. The van der Waals surface area contributed by atoms with Crippen molar-refractivity contribution < 1.29 is 66.7 Å². The molecule has 1 saturated heterocycles. The van der Waals surface area contributed by atoms with Gasteiger partial charge in [-0.25, -0.2) is 28.8 Å². The molecule has 0 spiro atoms. The third kappa shape index (κ3) is 14.9. The number of rotatable bonds is 17. The molecule has 0 saturated carbocycles. The number of carbonyl (C=O) groups is 6. The number of carbonyl (C=O) groups excluding carboxylic acids is 6. The summed E-state index contributed by atoms with van der Waals surface area (Å²) in [5, 5.41) is 7.15. The minimum Gasteiger partial charge on any atom is -0.460 e. The first-order chi connectivity index (χ1) is 24.1. The van der Waals surface area contributed by atoms with Crippen molar-refractivity contribution in [2.45, 2.75) is 66.0 Å². The molecule has 0 bridgehead atoms. The molecule has 1 aliphatic rings. The number of hydrogen-bond donors (Lipinski definition) is 3. The first-order valence-corrected chi connectivity index (χ1v) is 15.9. The van der Waals surface area contributed by atoms with Crippen molar-refractivity contribution in [3.63, 3.8) is 0 Å². The summed E-state index contributed by atoms with van der Waals surface area (Å²) in [6.07, 6.45) is -3.39. The van der Waals surface area contributed by atoms with E-state index < -0.39 is 59.7 Å². The third-order valence-electron chi connectivity index (χ3n) is 6.50. The van der Waals surface area contributed by atoms with Crippen LogP contribution in [0.15, 0.2) is 48.6 Å². The van der Waals surface area contributed by atoms with E-state index >= 15 is 0 Å². The monoisotopic (exact) mass is 719 g/mol. The van der Waals surface area contributed by atoms with E-state index in [1.54, 1.807) is 0 Å². The van der Waals surface area contributed by atoms with E-state index in [0.717, 1.165) is 0 Å². The summed E-state index contributed by atoms with van der Waals surface area (Å²) < 4.78 is 43.3. The van der Waals surface area contributed by atoms with Crippen molar-refractivity contribution in [3.8, 4) is 17.2 Å². The molecule has 1 heterocycles. The lowest BCUT2D eigenvalue weighted by Crippen LogP contribution is -2.34. The summed E-state index contributed by atoms with van der Waals surface area (Å²) in [6.45, 7) is 17.4. The molecule has 280 valence electrons. The quantitative estimate of drug-likeness (QED) is 0.0902. The van der Waals surface area contributed by atoms with Crippen molar-refractivity contribution in [1.82, 2.24) is 16.0 Å². The number of nitrogens with one attached hydrogen (secondary N) is 3. The number of benzene rings is 1. The molecule has 17 nitrogen and oxygen atoms in total. The Bertz CT molecular complexity index is 1420. The Morgan fingerprint density at radius 2 is 1.08 bits per heavy atom. The van der Waals surface area contributed by atoms with Gasteiger partial charge in [0.1, 0.15) is 19.8 Å². The SMILES string of the molecule is C=C(C)C(=O)OCCNC(=O)Oc1cc(C2OC(C)CC(CC)O2)cc(OC(=O)NCCOC(=O)C(=C)C)c1OC(=O)NCCOC(=O)C(=C)C. The van der Waals surface area contributed by atoms with Crippen molar-refractivity contribution >= 4 is 36.2 Å². The van der Waals surface area contributed by atoms with Gasteiger partial charge in [0, 0.05) is 22.3 Å². The van der Waals surface area contributed by atoms with Gasteiger partial charge in [-0.05, 0) is 52.7 Å². The van der Waals surface area contributed by atoms with Crippen LogP contribution in [0.25, 0.3) is 0 Å². The smallest absolute Gasteiger partial charge is 0.412 e. The highest BCUT2D eigenvalue weighted by molar-refractivity contribution is 5.88. The van der Waals surface area contributed by atoms with E-state index in [1.807, 2.05) is 13.8 Å². The Balaban J connectivity index is 2.41. The van der Waals surface area contributed by atoms with Crippen LogP contribution in [-0.2, 0) is 38.1 Å². The highest BCUT2D eigenvalue weighted by atomic mass is 16.7. The van der Waals surface area contributed by atoms with Crippen molar-refractivity contribution in [3.05, 3.63) is 54.2 Å². The largest absolute Gasteiger partial charge is 0.460 e. The fraction of sp³-hybridized carbons (Fsp3) is 0.471. The number of ether oxygens (including phenoxy) is 8. The van der Waals surface area contributed by atoms with Crippen LogP contribution < -0.4 is 30.2 Å². The summed E-state index contributed by atoms with van der Waals surface area (Å²) in [7, 11) is 0. The van der Waals surface area contributed by atoms with Gasteiger partial charge in [-0.2, -0.15) is 0 Å².